The van der Waals surface area contributed by atoms with Gasteiger partial charge in [-0.3, -0.25) is 4.55 Å². The molecule has 72 valence electrons. The quantitative estimate of drug-likeness (QED) is 0.712. The summed E-state index contributed by atoms with van der Waals surface area (Å²) in [4.78, 5) is -1.01. The van der Waals surface area contributed by atoms with Crippen LogP contribution < -0.4 is 0 Å². The maximum absolute atomic E-state index is 12.8. The molecule has 0 aromatic heterocycles. The maximum atomic E-state index is 12.8. The number of rotatable bonds is 1. The Balaban J connectivity index is 3.62. The van der Waals surface area contributed by atoms with Crippen LogP contribution in [0.3, 0.4) is 0 Å². The summed E-state index contributed by atoms with van der Waals surface area (Å²) in [5.41, 5.74) is -0.428. The molecule has 0 spiro atoms. The summed E-state index contributed by atoms with van der Waals surface area (Å²) in [7, 11) is -4.70. The van der Waals surface area contributed by atoms with Crippen molar-refractivity contribution in [3.05, 3.63) is 29.3 Å². The fourth-order valence-electron chi connectivity index (χ4n) is 0.951. The van der Waals surface area contributed by atoms with Gasteiger partial charge in [-0.15, -0.1) is 0 Å². The van der Waals surface area contributed by atoms with Crippen LogP contribution in [0.25, 0.3) is 0 Å². The SMILES string of the molecule is Cc1c(F)ccc(F)c1S(=O)(=O)O. The molecular formula is C7H6F2O3S. The van der Waals surface area contributed by atoms with E-state index >= 15 is 0 Å². The molecule has 0 bridgehead atoms. The molecule has 0 aliphatic heterocycles. The van der Waals surface area contributed by atoms with E-state index in [1.54, 1.807) is 0 Å². The lowest BCUT2D eigenvalue weighted by Crippen LogP contribution is -2.05. The Morgan fingerprint density at radius 2 is 1.69 bits per heavy atom. The standard InChI is InChI=1S/C7H6F2O3S/c1-4-5(8)2-3-6(9)7(4)13(10,11)12/h2-3H,1H3,(H,10,11,12). The highest BCUT2D eigenvalue weighted by atomic mass is 32.2. The van der Waals surface area contributed by atoms with Crippen molar-refractivity contribution in [3.8, 4) is 0 Å². The second-order valence-corrected chi connectivity index (χ2v) is 3.82. The van der Waals surface area contributed by atoms with Crippen molar-refractivity contribution in [1.29, 1.82) is 0 Å². The fraction of sp³-hybridized carbons (Fsp3) is 0.143. The van der Waals surface area contributed by atoms with Crippen LogP contribution in [0.4, 0.5) is 8.78 Å². The molecule has 1 aromatic rings. The van der Waals surface area contributed by atoms with E-state index in [4.69, 9.17) is 4.55 Å². The average Bonchev–Trinajstić information content (AvgIpc) is 1.95. The highest BCUT2D eigenvalue weighted by Crippen LogP contribution is 2.20. The molecule has 0 aliphatic rings. The van der Waals surface area contributed by atoms with E-state index in [9.17, 15) is 17.2 Å². The van der Waals surface area contributed by atoms with Crippen LogP contribution in [0.5, 0.6) is 0 Å². The van der Waals surface area contributed by atoms with Gasteiger partial charge in [0.25, 0.3) is 10.1 Å². The molecule has 1 rings (SSSR count). The summed E-state index contributed by atoms with van der Waals surface area (Å²) in [6.45, 7) is 1.07. The van der Waals surface area contributed by atoms with Crippen LogP contribution >= 0.6 is 0 Å². The Labute approximate surface area is 73.8 Å². The molecular weight excluding hydrogens is 202 g/mol. The van der Waals surface area contributed by atoms with E-state index in [2.05, 4.69) is 0 Å². The Bertz CT molecular complexity index is 439. The molecule has 0 amide bonds. The van der Waals surface area contributed by atoms with E-state index in [1.807, 2.05) is 0 Å². The van der Waals surface area contributed by atoms with Crippen LogP contribution in [0.15, 0.2) is 17.0 Å². The van der Waals surface area contributed by atoms with Gasteiger partial charge in [0, 0.05) is 5.56 Å². The summed E-state index contributed by atoms with van der Waals surface area (Å²) in [6, 6.07) is 1.44. The Kier molecular flexibility index (Phi) is 2.36. The predicted octanol–water partition coefficient (Wildman–Crippen LogP) is 1.52. The zero-order valence-electron chi connectivity index (χ0n) is 6.58. The fourth-order valence-corrected chi connectivity index (χ4v) is 1.75. The molecule has 1 N–H and O–H groups in total. The van der Waals surface area contributed by atoms with Crippen molar-refractivity contribution in [1.82, 2.24) is 0 Å². The average molecular weight is 208 g/mol. The summed E-state index contributed by atoms with van der Waals surface area (Å²) < 4.78 is 55.3. The first-order valence-electron chi connectivity index (χ1n) is 3.26. The van der Waals surface area contributed by atoms with Crippen molar-refractivity contribution in [3.63, 3.8) is 0 Å². The monoisotopic (exact) mass is 208 g/mol. The van der Waals surface area contributed by atoms with Crippen molar-refractivity contribution >= 4 is 10.1 Å². The van der Waals surface area contributed by atoms with Crippen LogP contribution in [-0.2, 0) is 10.1 Å². The number of hydrogen-bond donors (Lipinski definition) is 1. The minimum absolute atomic E-state index is 0.428. The predicted molar refractivity (Wildman–Crippen MR) is 40.9 cm³/mol. The molecule has 0 saturated heterocycles. The van der Waals surface area contributed by atoms with Crippen molar-refractivity contribution in [2.45, 2.75) is 11.8 Å². The number of halogens is 2. The van der Waals surface area contributed by atoms with Crippen LogP contribution in [-0.4, -0.2) is 13.0 Å². The lowest BCUT2D eigenvalue weighted by atomic mass is 10.2. The Morgan fingerprint density at radius 1 is 1.23 bits per heavy atom. The number of hydrogen-bond acceptors (Lipinski definition) is 2. The van der Waals surface area contributed by atoms with E-state index in [0.29, 0.717) is 6.07 Å². The van der Waals surface area contributed by atoms with Gasteiger partial charge < -0.3 is 0 Å². The van der Waals surface area contributed by atoms with Crippen molar-refractivity contribution < 1.29 is 21.8 Å². The van der Waals surface area contributed by atoms with Gasteiger partial charge in [0.2, 0.25) is 0 Å². The Hall–Kier alpha value is -1.01. The van der Waals surface area contributed by atoms with Crippen molar-refractivity contribution in [2.24, 2.45) is 0 Å². The maximum Gasteiger partial charge on any atom is 0.297 e. The van der Waals surface area contributed by atoms with Gasteiger partial charge in [-0.1, -0.05) is 0 Å². The second-order valence-electron chi connectivity index (χ2n) is 2.46. The molecule has 0 heterocycles. The summed E-state index contributed by atoms with van der Waals surface area (Å²) in [6.07, 6.45) is 0. The van der Waals surface area contributed by atoms with Gasteiger partial charge in [0.15, 0.2) is 0 Å². The van der Waals surface area contributed by atoms with Gasteiger partial charge in [-0.2, -0.15) is 8.42 Å². The topological polar surface area (TPSA) is 54.4 Å². The molecule has 0 unspecified atom stereocenters. The molecule has 0 aliphatic carbocycles. The van der Waals surface area contributed by atoms with Gasteiger partial charge >= 0.3 is 0 Å². The first kappa shape index (κ1) is 10.1. The largest absolute Gasteiger partial charge is 0.297 e. The van der Waals surface area contributed by atoms with Gasteiger partial charge in [0.05, 0.1) is 0 Å². The zero-order valence-corrected chi connectivity index (χ0v) is 7.40. The molecule has 6 heteroatoms. The smallest absolute Gasteiger partial charge is 0.282 e. The highest BCUT2D eigenvalue weighted by molar-refractivity contribution is 7.85. The second kappa shape index (κ2) is 3.04. The van der Waals surface area contributed by atoms with E-state index in [-0.39, 0.29) is 0 Å². The third kappa shape index (κ3) is 1.84. The first-order chi connectivity index (χ1) is 5.84. The summed E-state index contributed by atoms with van der Waals surface area (Å²) >= 11 is 0. The van der Waals surface area contributed by atoms with E-state index < -0.39 is 32.2 Å². The lowest BCUT2D eigenvalue weighted by molar-refractivity contribution is 0.468. The molecule has 0 fully saturated rings. The summed E-state index contributed by atoms with van der Waals surface area (Å²) in [5, 5.41) is 0. The summed E-state index contributed by atoms with van der Waals surface area (Å²) in [5.74, 6) is -2.05. The van der Waals surface area contributed by atoms with Gasteiger partial charge in [0.1, 0.15) is 16.5 Å². The zero-order chi connectivity index (χ0) is 10.2. The normalized spacial score (nSPS) is 11.7. The molecule has 3 nitrogen and oxygen atoms in total. The van der Waals surface area contributed by atoms with E-state index in [0.717, 1.165) is 13.0 Å². The minimum Gasteiger partial charge on any atom is -0.282 e. The van der Waals surface area contributed by atoms with Crippen LogP contribution in [0.2, 0.25) is 0 Å². The first-order valence-corrected chi connectivity index (χ1v) is 4.70. The van der Waals surface area contributed by atoms with E-state index in [1.165, 1.54) is 0 Å². The number of benzene rings is 1. The Morgan fingerprint density at radius 3 is 2.08 bits per heavy atom. The highest BCUT2D eigenvalue weighted by Gasteiger charge is 2.20. The lowest BCUT2D eigenvalue weighted by Gasteiger charge is -2.03. The third-order valence-corrected chi connectivity index (χ3v) is 2.57. The van der Waals surface area contributed by atoms with Gasteiger partial charge in [-0.05, 0) is 19.1 Å². The van der Waals surface area contributed by atoms with Gasteiger partial charge in [-0.25, -0.2) is 8.78 Å². The molecule has 0 saturated carbocycles. The minimum atomic E-state index is -4.70. The molecule has 1 aromatic carbocycles. The van der Waals surface area contributed by atoms with Crippen LogP contribution in [0.1, 0.15) is 5.56 Å². The molecule has 13 heavy (non-hydrogen) atoms. The molecule has 0 radical (unpaired) electrons. The molecule has 0 atom stereocenters. The van der Waals surface area contributed by atoms with Crippen LogP contribution in [0, 0.1) is 18.6 Å². The third-order valence-electron chi connectivity index (χ3n) is 1.55. The van der Waals surface area contributed by atoms with Crippen molar-refractivity contribution in [2.75, 3.05) is 0 Å².